The summed E-state index contributed by atoms with van der Waals surface area (Å²) >= 11 is 6.51. The van der Waals surface area contributed by atoms with Crippen LogP contribution in [0.5, 0.6) is 0 Å². The largest absolute Gasteiger partial charge is 0.351 e. The topological polar surface area (TPSA) is 73.4 Å². The van der Waals surface area contributed by atoms with Gasteiger partial charge >= 0.3 is 0 Å². The molecule has 0 radical (unpaired) electrons. The van der Waals surface area contributed by atoms with E-state index in [0.717, 1.165) is 31.6 Å². The molecule has 34 heavy (non-hydrogen) atoms. The molecular formula is C25H26ClFN6O. The fourth-order valence-corrected chi connectivity index (χ4v) is 4.76. The van der Waals surface area contributed by atoms with Gasteiger partial charge in [-0.1, -0.05) is 23.7 Å². The second kappa shape index (κ2) is 9.19. The molecule has 3 heterocycles. The standard InChI is InChI=1S/C25H26ClFN6O/c1-15-13-16(27)7-8-18(15)22-21-23(31-25(30-22)29-17-9-11-32(2)12-10-17)33(14-28-24(21)34)20-6-4-3-5-19(20)26/h3-8,13,17H,9-12,14H2,1-2H3,(H,28,34)(H,29,30,31). The van der Waals surface area contributed by atoms with E-state index in [1.54, 1.807) is 12.1 Å². The van der Waals surface area contributed by atoms with Crippen LogP contribution in [-0.2, 0) is 0 Å². The summed E-state index contributed by atoms with van der Waals surface area (Å²) in [6.45, 7) is 4.01. The number of aromatic nitrogens is 2. The van der Waals surface area contributed by atoms with E-state index < -0.39 is 0 Å². The Hall–Kier alpha value is -3.23. The van der Waals surface area contributed by atoms with Gasteiger partial charge in [0.05, 0.1) is 23.1 Å². The Morgan fingerprint density at radius 2 is 1.91 bits per heavy atom. The number of piperidine rings is 1. The van der Waals surface area contributed by atoms with Crippen molar-refractivity contribution in [3.8, 4) is 11.3 Å². The van der Waals surface area contributed by atoms with Crippen LogP contribution in [0.4, 0.5) is 21.8 Å². The maximum atomic E-state index is 13.9. The van der Waals surface area contributed by atoms with Gasteiger partial charge in [0.1, 0.15) is 11.4 Å². The highest BCUT2D eigenvalue weighted by Gasteiger charge is 2.32. The van der Waals surface area contributed by atoms with E-state index in [2.05, 4.69) is 22.6 Å². The molecule has 176 valence electrons. The summed E-state index contributed by atoms with van der Waals surface area (Å²) in [6.07, 6.45) is 1.94. The molecule has 3 aromatic rings. The summed E-state index contributed by atoms with van der Waals surface area (Å²) in [4.78, 5) is 26.9. The summed E-state index contributed by atoms with van der Waals surface area (Å²) in [5.41, 5.74) is 2.91. The summed E-state index contributed by atoms with van der Waals surface area (Å²) in [5.74, 6) is 0.304. The first kappa shape index (κ1) is 22.6. The van der Waals surface area contributed by atoms with Gasteiger partial charge < -0.3 is 20.4 Å². The van der Waals surface area contributed by atoms with E-state index in [0.29, 0.717) is 39.2 Å². The third-order valence-electron chi connectivity index (χ3n) is 6.41. The van der Waals surface area contributed by atoms with Crippen LogP contribution in [0.3, 0.4) is 0 Å². The second-order valence-corrected chi connectivity index (χ2v) is 9.23. The molecular weight excluding hydrogens is 455 g/mol. The highest BCUT2D eigenvalue weighted by Crippen LogP contribution is 2.39. The smallest absolute Gasteiger partial charge is 0.258 e. The van der Waals surface area contributed by atoms with Crippen molar-refractivity contribution in [2.45, 2.75) is 25.8 Å². The summed E-state index contributed by atoms with van der Waals surface area (Å²) in [6, 6.07) is 12.1. The number of nitrogens with one attached hydrogen (secondary N) is 2. The maximum Gasteiger partial charge on any atom is 0.258 e. The number of anilines is 3. The number of benzene rings is 2. The number of rotatable bonds is 4. The molecule has 9 heteroatoms. The molecule has 1 aromatic heterocycles. The number of nitrogens with zero attached hydrogens (tertiary/aromatic N) is 4. The van der Waals surface area contributed by atoms with Gasteiger partial charge in [-0.15, -0.1) is 0 Å². The van der Waals surface area contributed by atoms with Crippen molar-refractivity contribution in [3.63, 3.8) is 0 Å². The highest BCUT2D eigenvalue weighted by atomic mass is 35.5. The molecule has 0 atom stereocenters. The van der Waals surface area contributed by atoms with E-state index in [-0.39, 0.29) is 24.4 Å². The van der Waals surface area contributed by atoms with Crippen LogP contribution in [0, 0.1) is 12.7 Å². The van der Waals surface area contributed by atoms with Gasteiger partial charge in [-0.25, -0.2) is 9.37 Å². The molecule has 0 bridgehead atoms. The number of fused-ring (bicyclic) bond motifs is 1. The van der Waals surface area contributed by atoms with Crippen LogP contribution in [-0.4, -0.2) is 53.6 Å². The van der Waals surface area contributed by atoms with Crippen molar-refractivity contribution in [1.29, 1.82) is 0 Å². The fraction of sp³-hybridized carbons (Fsp3) is 0.320. The average Bonchev–Trinajstić information content (AvgIpc) is 2.81. The molecule has 2 aliphatic heterocycles. The second-order valence-electron chi connectivity index (χ2n) is 8.82. The number of hydrogen-bond acceptors (Lipinski definition) is 6. The molecule has 0 aliphatic carbocycles. The molecule has 0 saturated carbocycles. The lowest BCUT2D eigenvalue weighted by Gasteiger charge is -2.33. The molecule has 1 fully saturated rings. The lowest BCUT2D eigenvalue weighted by Crippen LogP contribution is -2.42. The van der Waals surface area contributed by atoms with Crippen molar-refractivity contribution in [1.82, 2.24) is 20.2 Å². The van der Waals surface area contributed by atoms with Crippen molar-refractivity contribution >= 4 is 35.0 Å². The van der Waals surface area contributed by atoms with E-state index in [1.165, 1.54) is 12.1 Å². The minimum Gasteiger partial charge on any atom is -0.351 e. The van der Waals surface area contributed by atoms with Gasteiger partial charge in [0.15, 0.2) is 5.82 Å². The normalized spacial score (nSPS) is 16.8. The molecule has 5 rings (SSSR count). The van der Waals surface area contributed by atoms with Gasteiger partial charge in [0.25, 0.3) is 5.91 Å². The molecule has 2 aliphatic rings. The number of hydrogen-bond donors (Lipinski definition) is 2. The van der Waals surface area contributed by atoms with E-state index in [4.69, 9.17) is 21.6 Å². The Labute approximate surface area is 203 Å². The fourth-order valence-electron chi connectivity index (χ4n) is 4.53. The lowest BCUT2D eigenvalue weighted by molar-refractivity contribution is 0.0949. The zero-order valence-corrected chi connectivity index (χ0v) is 19.9. The van der Waals surface area contributed by atoms with Gasteiger partial charge in [0.2, 0.25) is 5.95 Å². The minimum atomic E-state index is -0.337. The highest BCUT2D eigenvalue weighted by molar-refractivity contribution is 6.33. The molecule has 0 spiro atoms. The Bertz CT molecular complexity index is 1240. The van der Waals surface area contributed by atoms with Gasteiger partial charge in [-0.05, 0) is 75.8 Å². The average molecular weight is 481 g/mol. The SMILES string of the molecule is Cc1cc(F)ccc1-c1nc(NC2CCN(C)CC2)nc2c1C(=O)NCN2c1ccccc1Cl. The first-order valence-electron chi connectivity index (χ1n) is 11.3. The number of aryl methyl sites for hydroxylation is 1. The zero-order chi connectivity index (χ0) is 23.8. The summed E-state index contributed by atoms with van der Waals surface area (Å²) in [7, 11) is 2.11. The Balaban J connectivity index is 1.67. The van der Waals surface area contributed by atoms with Crippen LogP contribution < -0.4 is 15.5 Å². The minimum absolute atomic E-state index is 0.224. The Kier molecular flexibility index (Phi) is 6.10. The molecule has 0 unspecified atom stereocenters. The number of para-hydroxylation sites is 1. The van der Waals surface area contributed by atoms with Crippen LogP contribution in [0.2, 0.25) is 5.02 Å². The van der Waals surface area contributed by atoms with Crippen molar-refractivity contribution in [3.05, 3.63) is 64.4 Å². The zero-order valence-electron chi connectivity index (χ0n) is 19.1. The van der Waals surface area contributed by atoms with Crippen LogP contribution in [0.25, 0.3) is 11.3 Å². The number of likely N-dealkylation sites (tertiary alicyclic amines) is 1. The quantitative estimate of drug-likeness (QED) is 0.569. The Morgan fingerprint density at radius 1 is 1.15 bits per heavy atom. The molecule has 7 nitrogen and oxygen atoms in total. The van der Waals surface area contributed by atoms with Crippen molar-refractivity contribution in [2.75, 3.05) is 37.0 Å². The van der Waals surface area contributed by atoms with E-state index in [9.17, 15) is 9.18 Å². The van der Waals surface area contributed by atoms with Crippen molar-refractivity contribution in [2.24, 2.45) is 0 Å². The van der Waals surface area contributed by atoms with Crippen LogP contribution >= 0.6 is 11.6 Å². The maximum absolute atomic E-state index is 13.9. The van der Waals surface area contributed by atoms with Crippen LogP contribution in [0.1, 0.15) is 28.8 Å². The molecule has 2 aromatic carbocycles. The Morgan fingerprint density at radius 3 is 2.65 bits per heavy atom. The molecule has 1 amide bonds. The van der Waals surface area contributed by atoms with E-state index >= 15 is 0 Å². The third kappa shape index (κ3) is 4.31. The van der Waals surface area contributed by atoms with Gasteiger partial charge in [0, 0.05) is 11.6 Å². The number of carbonyl (C=O) groups is 1. The lowest BCUT2D eigenvalue weighted by atomic mass is 9.99. The van der Waals surface area contributed by atoms with E-state index in [1.807, 2.05) is 30.0 Å². The first-order chi connectivity index (χ1) is 16.4. The molecule has 2 N–H and O–H groups in total. The van der Waals surface area contributed by atoms with Crippen LogP contribution in [0.15, 0.2) is 42.5 Å². The van der Waals surface area contributed by atoms with Gasteiger partial charge in [-0.3, -0.25) is 4.79 Å². The predicted octanol–water partition coefficient (Wildman–Crippen LogP) is 4.59. The monoisotopic (exact) mass is 480 g/mol. The summed E-state index contributed by atoms with van der Waals surface area (Å²) in [5, 5.41) is 6.94. The number of amides is 1. The summed E-state index contributed by atoms with van der Waals surface area (Å²) < 4.78 is 13.9. The third-order valence-corrected chi connectivity index (χ3v) is 6.73. The number of carbonyl (C=O) groups excluding carboxylic acids is 1. The predicted molar refractivity (Wildman–Crippen MR) is 132 cm³/mol. The van der Waals surface area contributed by atoms with Crippen molar-refractivity contribution < 1.29 is 9.18 Å². The van der Waals surface area contributed by atoms with Gasteiger partial charge in [-0.2, -0.15) is 4.98 Å². The first-order valence-corrected chi connectivity index (χ1v) is 11.7. The number of halogens is 2. The molecule has 1 saturated heterocycles.